The van der Waals surface area contributed by atoms with Gasteiger partial charge in [0.1, 0.15) is 0 Å². The van der Waals surface area contributed by atoms with Gasteiger partial charge in [-0.1, -0.05) is 30.3 Å². The summed E-state index contributed by atoms with van der Waals surface area (Å²) in [5.41, 5.74) is 0. The Hall–Kier alpha value is -1.52. The van der Waals surface area contributed by atoms with Crippen LogP contribution in [0.4, 0.5) is 0 Å². The van der Waals surface area contributed by atoms with Gasteiger partial charge in [0.15, 0.2) is 0 Å². The summed E-state index contributed by atoms with van der Waals surface area (Å²) in [5, 5.41) is 11.9. The molecule has 2 aromatic carbocycles. The number of benzene rings is 2. The Labute approximate surface area is 122 Å². The fourth-order valence-corrected chi connectivity index (χ4v) is 3.31. The summed E-state index contributed by atoms with van der Waals surface area (Å²) in [6.45, 7) is 1.16. The summed E-state index contributed by atoms with van der Waals surface area (Å²) in [6.07, 6.45) is 0.358. The van der Waals surface area contributed by atoms with Crippen molar-refractivity contribution < 1.29 is 9.90 Å². The van der Waals surface area contributed by atoms with Crippen molar-refractivity contribution in [3.63, 3.8) is 0 Å². The average molecular weight is 287 g/mol. The molecule has 4 heteroatoms. The molecule has 1 saturated heterocycles. The topological polar surface area (TPSA) is 40.5 Å². The number of nitrogens with zero attached hydrogens (tertiary/aromatic N) is 1. The predicted molar refractivity (Wildman–Crippen MR) is 81.9 cm³/mol. The Bertz CT molecular complexity index is 629. The highest BCUT2D eigenvalue weighted by molar-refractivity contribution is 8.00. The van der Waals surface area contributed by atoms with Gasteiger partial charge < -0.3 is 10.0 Å². The summed E-state index contributed by atoms with van der Waals surface area (Å²) in [5.74, 6) is 0.546. The van der Waals surface area contributed by atoms with E-state index >= 15 is 0 Å². The van der Waals surface area contributed by atoms with Gasteiger partial charge in [0.2, 0.25) is 5.91 Å². The van der Waals surface area contributed by atoms with Crippen molar-refractivity contribution >= 4 is 28.4 Å². The maximum absolute atomic E-state index is 12.0. The van der Waals surface area contributed by atoms with E-state index in [0.717, 1.165) is 4.90 Å². The third-order valence-corrected chi connectivity index (χ3v) is 4.58. The largest absolute Gasteiger partial charge is 0.391 e. The Morgan fingerprint density at radius 2 is 2.05 bits per heavy atom. The van der Waals surface area contributed by atoms with Crippen molar-refractivity contribution in [3.05, 3.63) is 42.5 Å². The molecular weight excluding hydrogens is 270 g/mol. The highest BCUT2D eigenvalue weighted by atomic mass is 32.2. The zero-order valence-corrected chi connectivity index (χ0v) is 12.0. The molecule has 3 rings (SSSR count). The summed E-state index contributed by atoms with van der Waals surface area (Å²) in [4.78, 5) is 14.9. The van der Waals surface area contributed by atoms with Gasteiger partial charge in [-0.3, -0.25) is 4.79 Å². The average Bonchev–Trinajstić information content (AvgIpc) is 2.91. The van der Waals surface area contributed by atoms with Gasteiger partial charge >= 0.3 is 0 Å². The van der Waals surface area contributed by atoms with Gasteiger partial charge in [0.05, 0.1) is 11.9 Å². The van der Waals surface area contributed by atoms with E-state index in [4.69, 9.17) is 0 Å². The lowest BCUT2D eigenvalue weighted by Gasteiger charge is -2.15. The molecule has 1 heterocycles. The van der Waals surface area contributed by atoms with Crippen LogP contribution in [0.5, 0.6) is 0 Å². The molecule has 1 fully saturated rings. The van der Waals surface area contributed by atoms with Crippen LogP contribution in [0.3, 0.4) is 0 Å². The fourth-order valence-electron chi connectivity index (χ4n) is 2.46. The van der Waals surface area contributed by atoms with Crippen LogP contribution in [0, 0.1) is 0 Å². The molecule has 1 N–H and O–H groups in total. The smallest absolute Gasteiger partial charge is 0.233 e. The lowest BCUT2D eigenvalue weighted by molar-refractivity contribution is -0.127. The third-order valence-electron chi connectivity index (χ3n) is 3.60. The SMILES string of the molecule is O=C(CSc1ccc2ccccc2c1)N1CC[C@H](O)C1. The van der Waals surface area contributed by atoms with Gasteiger partial charge in [0.25, 0.3) is 0 Å². The lowest BCUT2D eigenvalue weighted by atomic mass is 10.1. The third kappa shape index (κ3) is 2.97. The van der Waals surface area contributed by atoms with Crippen LogP contribution in [0.25, 0.3) is 10.8 Å². The minimum atomic E-state index is -0.343. The number of fused-ring (bicyclic) bond motifs is 1. The van der Waals surface area contributed by atoms with E-state index in [1.165, 1.54) is 10.8 Å². The molecular formula is C16H17NO2S. The minimum absolute atomic E-state index is 0.111. The maximum Gasteiger partial charge on any atom is 0.233 e. The number of β-amino-alcohol motifs (C(OH)–C–C–N with tert-alkyl or cyclic N) is 1. The van der Waals surface area contributed by atoms with Crippen LogP contribution in [0.15, 0.2) is 47.4 Å². The second-order valence-corrected chi connectivity index (χ2v) is 6.13. The molecule has 1 aliphatic heterocycles. The van der Waals surface area contributed by atoms with E-state index in [1.807, 2.05) is 12.1 Å². The van der Waals surface area contributed by atoms with Crippen molar-refractivity contribution in [2.45, 2.75) is 17.4 Å². The first kappa shape index (κ1) is 13.5. The number of hydrogen-bond donors (Lipinski definition) is 1. The summed E-state index contributed by atoms with van der Waals surface area (Å²) < 4.78 is 0. The monoisotopic (exact) mass is 287 g/mol. The molecule has 0 spiro atoms. The van der Waals surface area contributed by atoms with Crippen LogP contribution >= 0.6 is 11.8 Å². The number of carbonyl (C=O) groups excluding carboxylic acids is 1. The second kappa shape index (κ2) is 5.85. The van der Waals surface area contributed by atoms with Crippen molar-refractivity contribution in [2.24, 2.45) is 0 Å². The molecule has 3 nitrogen and oxygen atoms in total. The van der Waals surface area contributed by atoms with Crippen molar-refractivity contribution in [1.29, 1.82) is 0 Å². The van der Waals surface area contributed by atoms with Crippen molar-refractivity contribution in [2.75, 3.05) is 18.8 Å². The van der Waals surface area contributed by atoms with Crippen LogP contribution in [0.1, 0.15) is 6.42 Å². The summed E-state index contributed by atoms with van der Waals surface area (Å²) >= 11 is 1.56. The first-order valence-corrected chi connectivity index (χ1v) is 7.78. The molecule has 1 aliphatic rings. The Balaban J connectivity index is 1.63. The van der Waals surface area contributed by atoms with Gasteiger partial charge in [-0.2, -0.15) is 0 Å². The molecule has 0 radical (unpaired) electrons. The standard InChI is InChI=1S/C16H17NO2S/c18-14-7-8-17(10-14)16(19)11-20-15-6-5-12-3-1-2-4-13(12)9-15/h1-6,9,14,18H,7-8,10-11H2/t14-/m0/s1. The maximum atomic E-state index is 12.0. The number of aliphatic hydroxyl groups excluding tert-OH is 1. The quantitative estimate of drug-likeness (QED) is 0.882. The number of thioether (sulfide) groups is 1. The van der Waals surface area contributed by atoms with Crippen molar-refractivity contribution in [3.8, 4) is 0 Å². The zero-order valence-electron chi connectivity index (χ0n) is 11.2. The summed E-state index contributed by atoms with van der Waals surface area (Å²) in [6, 6.07) is 14.5. The van der Waals surface area contributed by atoms with Gasteiger partial charge in [0, 0.05) is 18.0 Å². The Kier molecular flexibility index (Phi) is 3.94. The number of likely N-dealkylation sites (tertiary alicyclic amines) is 1. The molecule has 2 aromatic rings. The first-order valence-electron chi connectivity index (χ1n) is 6.80. The highest BCUT2D eigenvalue weighted by Crippen LogP contribution is 2.24. The van der Waals surface area contributed by atoms with E-state index in [0.29, 0.717) is 25.3 Å². The number of aliphatic hydroxyl groups is 1. The van der Waals surface area contributed by atoms with Crippen LogP contribution < -0.4 is 0 Å². The molecule has 0 unspecified atom stereocenters. The van der Waals surface area contributed by atoms with Gasteiger partial charge in [-0.25, -0.2) is 0 Å². The molecule has 104 valence electrons. The number of amides is 1. The van der Waals surface area contributed by atoms with Crippen LogP contribution in [-0.4, -0.2) is 40.9 Å². The highest BCUT2D eigenvalue weighted by Gasteiger charge is 2.24. The van der Waals surface area contributed by atoms with Gasteiger partial charge in [-0.05, 0) is 29.3 Å². The van der Waals surface area contributed by atoms with E-state index in [-0.39, 0.29) is 12.0 Å². The van der Waals surface area contributed by atoms with Gasteiger partial charge in [-0.15, -0.1) is 11.8 Å². The lowest BCUT2D eigenvalue weighted by Crippen LogP contribution is -2.30. The molecule has 0 aromatic heterocycles. The second-order valence-electron chi connectivity index (χ2n) is 5.08. The van der Waals surface area contributed by atoms with E-state index in [9.17, 15) is 9.90 Å². The van der Waals surface area contributed by atoms with Crippen LogP contribution in [-0.2, 0) is 4.79 Å². The normalized spacial score (nSPS) is 18.6. The molecule has 1 atom stereocenters. The number of hydrogen-bond acceptors (Lipinski definition) is 3. The Morgan fingerprint density at radius 3 is 2.80 bits per heavy atom. The Morgan fingerprint density at radius 1 is 1.25 bits per heavy atom. The molecule has 0 bridgehead atoms. The molecule has 0 aliphatic carbocycles. The summed E-state index contributed by atoms with van der Waals surface area (Å²) in [7, 11) is 0. The van der Waals surface area contributed by atoms with Crippen molar-refractivity contribution in [1.82, 2.24) is 4.90 Å². The molecule has 1 amide bonds. The van der Waals surface area contributed by atoms with E-state index in [1.54, 1.807) is 16.7 Å². The minimum Gasteiger partial charge on any atom is -0.391 e. The fraction of sp³-hybridized carbons (Fsp3) is 0.312. The number of carbonyl (C=O) groups is 1. The van der Waals surface area contributed by atoms with E-state index < -0.39 is 0 Å². The predicted octanol–water partition coefficient (Wildman–Crippen LogP) is 2.53. The van der Waals surface area contributed by atoms with Crippen LogP contribution in [0.2, 0.25) is 0 Å². The zero-order chi connectivity index (χ0) is 13.9. The number of rotatable bonds is 3. The first-order chi connectivity index (χ1) is 9.72. The molecule has 0 saturated carbocycles. The molecule has 20 heavy (non-hydrogen) atoms. The van der Waals surface area contributed by atoms with E-state index in [2.05, 4.69) is 30.3 Å².